The van der Waals surface area contributed by atoms with Crippen LogP contribution in [0.25, 0.3) is 0 Å². The number of ether oxygens (including phenoxy) is 1. The Bertz CT molecular complexity index is 361. The van der Waals surface area contributed by atoms with Crippen LogP contribution in [0.5, 0.6) is 5.75 Å². The van der Waals surface area contributed by atoms with Gasteiger partial charge in [-0.3, -0.25) is 0 Å². The van der Waals surface area contributed by atoms with E-state index in [1.807, 2.05) is 12.1 Å². The van der Waals surface area contributed by atoms with Crippen molar-refractivity contribution in [1.29, 1.82) is 0 Å². The summed E-state index contributed by atoms with van der Waals surface area (Å²) in [5.41, 5.74) is 7.80. The Hall–Kier alpha value is -1.38. The predicted octanol–water partition coefficient (Wildman–Crippen LogP) is 2.66. The Morgan fingerprint density at radius 3 is 2.81 bits per heavy atom. The number of nitrogens with zero attached hydrogens (tertiary/aromatic N) is 1. The number of rotatable bonds is 5. The molecule has 0 saturated heterocycles. The lowest BCUT2D eigenvalue weighted by atomic mass is 10.2. The van der Waals surface area contributed by atoms with Crippen molar-refractivity contribution in [1.82, 2.24) is 0 Å². The molecule has 1 aromatic rings. The summed E-state index contributed by atoms with van der Waals surface area (Å²) in [6, 6.07) is 6.75. The molecule has 1 aromatic carbocycles. The SMILES string of the molecule is CCCOc1cc(N(C)C2CC2)ccc1N. The minimum Gasteiger partial charge on any atom is -0.491 e. The number of nitrogen functional groups attached to an aromatic ring is 1. The zero-order chi connectivity index (χ0) is 11.5. The fourth-order valence-corrected chi connectivity index (χ4v) is 1.75. The normalized spacial score (nSPS) is 14.9. The van der Waals surface area contributed by atoms with Crippen molar-refractivity contribution in [3.63, 3.8) is 0 Å². The van der Waals surface area contributed by atoms with Crippen LogP contribution < -0.4 is 15.4 Å². The molecular weight excluding hydrogens is 200 g/mol. The third-order valence-electron chi connectivity index (χ3n) is 2.96. The van der Waals surface area contributed by atoms with E-state index in [9.17, 15) is 0 Å². The first kappa shape index (κ1) is 11.1. The molecule has 16 heavy (non-hydrogen) atoms. The second-order valence-electron chi connectivity index (χ2n) is 4.41. The Balaban J connectivity index is 2.13. The van der Waals surface area contributed by atoms with Gasteiger partial charge in [0.25, 0.3) is 0 Å². The van der Waals surface area contributed by atoms with Crippen LogP contribution in [0.1, 0.15) is 26.2 Å². The van der Waals surface area contributed by atoms with Crippen LogP contribution in [0, 0.1) is 0 Å². The van der Waals surface area contributed by atoms with Gasteiger partial charge in [-0.2, -0.15) is 0 Å². The fraction of sp³-hybridized carbons (Fsp3) is 0.538. The van der Waals surface area contributed by atoms with Gasteiger partial charge in [-0.05, 0) is 31.4 Å². The van der Waals surface area contributed by atoms with Crippen molar-refractivity contribution >= 4 is 11.4 Å². The fourth-order valence-electron chi connectivity index (χ4n) is 1.75. The van der Waals surface area contributed by atoms with Gasteiger partial charge in [0.1, 0.15) is 5.75 Å². The van der Waals surface area contributed by atoms with E-state index in [1.165, 1.54) is 18.5 Å². The first-order valence-corrected chi connectivity index (χ1v) is 5.97. The average Bonchev–Trinajstić information content (AvgIpc) is 3.11. The highest BCUT2D eigenvalue weighted by molar-refractivity contribution is 5.62. The highest BCUT2D eigenvalue weighted by Crippen LogP contribution is 2.33. The Morgan fingerprint density at radius 1 is 1.44 bits per heavy atom. The third-order valence-corrected chi connectivity index (χ3v) is 2.96. The molecule has 2 N–H and O–H groups in total. The Morgan fingerprint density at radius 2 is 2.19 bits per heavy atom. The summed E-state index contributed by atoms with van der Waals surface area (Å²) >= 11 is 0. The molecule has 3 heteroatoms. The smallest absolute Gasteiger partial charge is 0.144 e. The molecule has 0 amide bonds. The summed E-state index contributed by atoms with van der Waals surface area (Å²) in [6.45, 7) is 2.82. The highest BCUT2D eigenvalue weighted by Gasteiger charge is 2.26. The molecule has 0 heterocycles. The Labute approximate surface area is 97.2 Å². The maximum Gasteiger partial charge on any atom is 0.144 e. The number of nitrogens with two attached hydrogens (primary N) is 1. The van der Waals surface area contributed by atoms with E-state index in [2.05, 4.69) is 24.9 Å². The van der Waals surface area contributed by atoms with Crippen LogP contribution in [-0.2, 0) is 0 Å². The molecule has 0 bridgehead atoms. The van der Waals surface area contributed by atoms with E-state index >= 15 is 0 Å². The first-order chi connectivity index (χ1) is 7.72. The molecule has 0 spiro atoms. The van der Waals surface area contributed by atoms with Crippen LogP contribution in [0.15, 0.2) is 18.2 Å². The van der Waals surface area contributed by atoms with Crippen LogP contribution in [0.2, 0.25) is 0 Å². The minimum absolute atomic E-state index is 0.711. The van der Waals surface area contributed by atoms with Gasteiger partial charge < -0.3 is 15.4 Å². The number of benzene rings is 1. The monoisotopic (exact) mass is 220 g/mol. The van der Waals surface area contributed by atoms with Crippen LogP contribution in [0.4, 0.5) is 11.4 Å². The van der Waals surface area contributed by atoms with Gasteiger partial charge in [-0.25, -0.2) is 0 Å². The standard InChI is InChI=1S/C13H20N2O/c1-3-8-16-13-9-11(6-7-12(13)14)15(2)10-4-5-10/h6-7,9-10H,3-5,8,14H2,1-2H3. The summed E-state index contributed by atoms with van der Waals surface area (Å²) in [4.78, 5) is 2.30. The molecule has 1 aliphatic carbocycles. The zero-order valence-corrected chi connectivity index (χ0v) is 10.1. The highest BCUT2D eigenvalue weighted by atomic mass is 16.5. The van der Waals surface area contributed by atoms with Gasteiger partial charge in [0.15, 0.2) is 0 Å². The topological polar surface area (TPSA) is 38.5 Å². The van der Waals surface area contributed by atoms with E-state index in [-0.39, 0.29) is 0 Å². The van der Waals surface area contributed by atoms with Crippen molar-refractivity contribution < 1.29 is 4.74 Å². The summed E-state index contributed by atoms with van der Waals surface area (Å²) in [5, 5.41) is 0. The van der Waals surface area contributed by atoms with Crippen LogP contribution in [0.3, 0.4) is 0 Å². The largest absolute Gasteiger partial charge is 0.491 e. The molecule has 1 fully saturated rings. The van der Waals surface area contributed by atoms with Gasteiger partial charge in [0.2, 0.25) is 0 Å². The van der Waals surface area contributed by atoms with E-state index < -0.39 is 0 Å². The quantitative estimate of drug-likeness (QED) is 0.775. The molecule has 0 unspecified atom stereocenters. The molecule has 0 atom stereocenters. The van der Waals surface area contributed by atoms with Crippen LogP contribution >= 0.6 is 0 Å². The molecule has 3 nitrogen and oxygen atoms in total. The maximum atomic E-state index is 5.88. The van der Waals surface area contributed by atoms with E-state index in [4.69, 9.17) is 10.5 Å². The predicted molar refractivity (Wildman–Crippen MR) is 68.1 cm³/mol. The number of hydrogen-bond donors (Lipinski definition) is 1. The molecule has 1 saturated carbocycles. The molecular formula is C13H20N2O. The van der Waals surface area contributed by atoms with E-state index in [0.717, 1.165) is 24.5 Å². The molecule has 2 rings (SSSR count). The van der Waals surface area contributed by atoms with Gasteiger partial charge in [0, 0.05) is 24.8 Å². The lowest BCUT2D eigenvalue weighted by Crippen LogP contribution is -2.19. The number of anilines is 2. The lowest BCUT2D eigenvalue weighted by molar-refractivity contribution is 0.319. The minimum atomic E-state index is 0.711. The summed E-state index contributed by atoms with van der Waals surface area (Å²) in [5.74, 6) is 0.812. The van der Waals surface area contributed by atoms with Crippen molar-refractivity contribution in [2.75, 3.05) is 24.3 Å². The molecule has 1 aliphatic rings. The van der Waals surface area contributed by atoms with Gasteiger partial charge in [0.05, 0.1) is 12.3 Å². The zero-order valence-electron chi connectivity index (χ0n) is 10.1. The Kier molecular flexibility index (Phi) is 3.22. The molecule has 0 aliphatic heterocycles. The average molecular weight is 220 g/mol. The van der Waals surface area contributed by atoms with Gasteiger partial charge in [-0.15, -0.1) is 0 Å². The van der Waals surface area contributed by atoms with Crippen molar-refractivity contribution in [3.05, 3.63) is 18.2 Å². The molecule has 0 radical (unpaired) electrons. The summed E-state index contributed by atoms with van der Waals surface area (Å²) in [7, 11) is 2.13. The second kappa shape index (κ2) is 4.64. The summed E-state index contributed by atoms with van der Waals surface area (Å²) < 4.78 is 5.63. The van der Waals surface area contributed by atoms with Crippen molar-refractivity contribution in [3.8, 4) is 5.75 Å². The van der Waals surface area contributed by atoms with Crippen molar-refractivity contribution in [2.24, 2.45) is 0 Å². The first-order valence-electron chi connectivity index (χ1n) is 5.97. The number of hydrogen-bond acceptors (Lipinski definition) is 3. The van der Waals surface area contributed by atoms with Crippen LogP contribution in [-0.4, -0.2) is 19.7 Å². The third kappa shape index (κ3) is 2.40. The lowest BCUT2D eigenvalue weighted by Gasteiger charge is -2.20. The van der Waals surface area contributed by atoms with E-state index in [1.54, 1.807) is 0 Å². The molecule has 0 aromatic heterocycles. The van der Waals surface area contributed by atoms with Gasteiger partial charge in [-0.1, -0.05) is 6.92 Å². The van der Waals surface area contributed by atoms with Gasteiger partial charge >= 0.3 is 0 Å². The summed E-state index contributed by atoms with van der Waals surface area (Å²) in [6.07, 6.45) is 3.60. The second-order valence-corrected chi connectivity index (χ2v) is 4.41. The maximum absolute atomic E-state index is 5.88. The van der Waals surface area contributed by atoms with Crippen molar-refractivity contribution in [2.45, 2.75) is 32.2 Å². The van der Waals surface area contributed by atoms with E-state index in [0.29, 0.717) is 6.04 Å². The molecule has 88 valence electrons.